The third-order valence-electron chi connectivity index (χ3n) is 3.23. The topological polar surface area (TPSA) is 148 Å². The first-order chi connectivity index (χ1) is 12.2. The van der Waals surface area contributed by atoms with Gasteiger partial charge in [-0.1, -0.05) is 29.6 Å². The van der Waals surface area contributed by atoms with Gasteiger partial charge >= 0.3 is 0 Å². The number of nitro groups is 1. The van der Waals surface area contributed by atoms with E-state index in [2.05, 4.69) is 19.8 Å². The first-order valence-electron chi connectivity index (χ1n) is 7.37. The number of amidine groups is 1. The summed E-state index contributed by atoms with van der Waals surface area (Å²) in [5, 5.41) is 17.6. The molecule has 12 heteroatoms. The number of halogens is 1. The van der Waals surface area contributed by atoms with Crippen molar-refractivity contribution in [2.45, 2.75) is 25.8 Å². The van der Waals surface area contributed by atoms with Gasteiger partial charge in [-0.2, -0.15) is 0 Å². The second kappa shape index (κ2) is 10.1. The van der Waals surface area contributed by atoms with E-state index in [0.29, 0.717) is 17.1 Å². The Balaban J connectivity index is 0.000000487. The Labute approximate surface area is 156 Å². The van der Waals surface area contributed by atoms with E-state index in [4.69, 9.17) is 11.6 Å². The monoisotopic (exact) mass is 405 g/mol. The molecule has 1 aliphatic rings. The molecule has 0 saturated carbocycles. The minimum Gasteiger partial charge on any atom is -0.726 e. The maximum Gasteiger partial charge on any atom is 0.298 e. The van der Waals surface area contributed by atoms with Crippen LogP contribution < -0.4 is 15.6 Å². The zero-order valence-electron chi connectivity index (χ0n) is 14.0. The molecule has 0 bridgehead atoms. The molecule has 143 valence electrons. The predicted molar refractivity (Wildman–Crippen MR) is 96.5 cm³/mol. The Morgan fingerprint density at radius 2 is 2.12 bits per heavy atom. The molecule has 1 atom stereocenters. The second-order valence-electron chi connectivity index (χ2n) is 4.96. The Morgan fingerprint density at radius 1 is 1.46 bits per heavy atom. The number of nitrogens with zero attached hydrogens (tertiary/aromatic N) is 2. The van der Waals surface area contributed by atoms with Gasteiger partial charge in [0.15, 0.2) is 6.20 Å². The molecule has 10 nitrogen and oxygen atoms in total. The highest BCUT2D eigenvalue weighted by Crippen LogP contribution is 2.32. The third-order valence-corrected chi connectivity index (χ3v) is 3.95. The van der Waals surface area contributed by atoms with Crippen LogP contribution in [-0.4, -0.2) is 36.9 Å². The highest BCUT2D eigenvalue weighted by molar-refractivity contribution is 7.80. The standard InChI is InChI=1S/C13H15ClN4O2.CH4O4S/c1-2-9(8-12-15-6-7-16-12)17-13-10(14)4-3-5-11(13)18(19)20;1-5-6(2,3)4/h3-7,9,15,17H,2,8H2,1H3;1H3,(H,2,3,4)/q+1;/p-1. The van der Waals surface area contributed by atoms with Crippen molar-refractivity contribution in [1.29, 1.82) is 0 Å². The molecule has 1 radical (unpaired) electrons. The first-order valence-corrected chi connectivity index (χ1v) is 9.08. The van der Waals surface area contributed by atoms with Crippen molar-refractivity contribution < 1.29 is 22.1 Å². The Morgan fingerprint density at radius 3 is 2.58 bits per heavy atom. The molecule has 1 aliphatic heterocycles. The second-order valence-corrected chi connectivity index (χ2v) is 6.51. The first kappa shape index (κ1) is 21.8. The van der Waals surface area contributed by atoms with Crippen molar-refractivity contribution in [1.82, 2.24) is 10.3 Å². The minimum atomic E-state index is -4.41. The number of aliphatic imine (C=N–C) groups is 1. The van der Waals surface area contributed by atoms with Gasteiger partial charge in [0.1, 0.15) is 11.9 Å². The summed E-state index contributed by atoms with van der Waals surface area (Å²) < 4.78 is 31.0. The number of benzene rings is 1. The largest absolute Gasteiger partial charge is 0.726 e. The van der Waals surface area contributed by atoms with Gasteiger partial charge in [-0.25, -0.2) is 13.7 Å². The molecule has 1 aromatic carbocycles. The molecule has 1 heterocycles. The summed E-state index contributed by atoms with van der Waals surface area (Å²) in [6.45, 7) is 2.00. The number of nitrogens with one attached hydrogen (secondary N) is 2. The van der Waals surface area contributed by atoms with Crippen LogP contribution >= 0.6 is 11.6 Å². The van der Waals surface area contributed by atoms with Crippen LogP contribution in [0.2, 0.25) is 5.02 Å². The van der Waals surface area contributed by atoms with E-state index in [-0.39, 0.29) is 11.7 Å². The van der Waals surface area contributed by atoms with Crippen LogP contribution in [0.5, 0.6) is 0 Å². The van der Waals surface area contributed by atoms with Crippen molar-refractivity contribution in [3.05, 3.63) is 45.7 Å². The SMILES string of the molecule is CCC(CC1=[N+]C=CN1)Nc1c(Cl)cccc1[N+](=O)[O-].COS(=O)(=O)[O-]. The number of anilines is 1. The van der Waals surface area contributed by atoms with Gasteiger partial charge in [-0.3, -0.25) is 14.3 Å². The summed E-state index contributed by atoms with van der Waals surface area (Å²) in [7, 11) is -3.60. The summed E-state index contributed by atoms with van der Waals surface area (Å²) >= 11 is 6.07. The Bertz CT molecular complexity index is 797. The number of nitro benzene ring substituents is 1. The van der Waals surface area contributed by atoms with Crippen LogP contribution in [0, 0.1) is 10.1 Å². The van der Waals surface area contributed by atoms with Crippen LogP contribution in [0.15, 0.2) is 30.6 Å². The van der Waals surface area contributed by atoms with E-state index in [0.717, 1.165) is 19.4 Å². The van der Waals surface area contributed by atoms with Crippen LogP contribution in [0.1, 0.15) is 19.8 Å². The lowest BCUT2D eigenvalue weighted by Crippen LogP contribution is -2.28. The van der Waals surface area contributed by atoms with Gasteiger partial charge in [0, 0.05) is 12.1 Å². The van der Waals surface area contributed by atoms with E-state index in [1.165, 1.54) is 6.07 Å². The Hall–Kier alpha value is -2.21. The fraction of sp³-hybridized carbons (Fsp3) is 0.357. The number of hydrogen-bond donors (Lipinski definition) is 2. The van der Waals surface area contributed by atoms with E-state index >= 15 is 0 Å². The maximum absolute atomic E-state index is 11.0. The molecular weight excluding hydrogens is 388 g/mol. The maximum atomic E-state index is 11.0. The molecular formula is C14H18ClN4O6S. The lowest BCUT2D eigenvalue weighted by atomic mass is 10.1. The number of para-hydroxylation sites is 1. The molecule has 26 heavy (non-hydrogen) atoms. The highest BCUT2D eigenvalue weighted by Gasteiger charge is 2.23. The zero-order chi connectivity index (χ0) is 19.7. The van der Waals surface area contributed by atoms with Crippen LogP contribution in [0.3, 0.4) is 0 Å². The normalized spacial score (nSPS) is 13.9. The number of hydrogen-bond acceptors (Lipinski definition) is 9. The molecule has 0 aliphatic carbocycles. The van der Waals surface area contributed by atoms with Gasteiger partial charge in [-0.15, -0.1) is 0 Å². The van der Waals surface area contributed by atoms with Crippen LogP contribution in [-0.2, 0) is 14.6 Å². The zero-order valence-corrected chi connectivity index (χ0v) is 15.6. The summed E-state index contributed by atoms with van der Waals surface area (Å²) in [5.41, 5.74) is 0.341. The van der Waals surface area contributed by atoms with Gasteiger partial charge in [0.05, 0.1) is 23.5 Å². The lowest BCUT2D eigenvalue weighted by Gasteiger charge is -2.17. The molecule has 0 amide bonds. The average molecular weight is 406 g/mol. The van der Waals surface area contributed by atoms with E-state index in [9.17, 15) is 23.1 Å². The summed E-state index contributed by atoms with van der Waals surface area (Å²) in [5.74, 6) is 0.832. The van der Waals surface area contributed by atoms with Crippen molar-refractivity contribution >= 4 is 39.2 Å². The molecule has 0 aromatic heterocycles. The fourth-order valence-electron chi connectivity index (χ4n) is 1.95. The molecule has 2 rings (SSSR count). The van der Waals surface area contributed by atoms with Gasteiger partial charge in [-0.05, 0) is 12.5 Å². The lowest BCUT2D eigenvalue weighted by molar-refractivity contribution is -0.384. The molecule has 0 saturated heterocycles. The van der Waals surface area contributed by atoms with E-state index < -0.39 is 15.3 Å². The molecule has 0 spiro atoms. The van der Waals surface area contributed by atoms with E-state index in [1.54, 1.807) is 24.5 Å². The Kier molecular flexibility index (Phi) is 8.45. The highest BCUT2D eigenvalue weighted by atomic mass is 35.5. The summed E-state index contributed by atoms with van der Waals surface area (Å²) in [6, 6.07) is 4.66. The van der Waals surface area contributed by atoms with Gasteiger partial charge in [0.25, 0.3) is 11.5 Å². The van der Waals surface area contributed by atoms with Crippen molar-refractivity contribution in [2.75, 3.05) is 12.4 Å². The third kappa shape index (κ3) is 7.35. The van der Waals surface area contributed by atoms with Gasteiger partial charge < -0.3 is 9.87 Å². The quantitative estimate of drug-likeness (QED) is 0.301. The van der Waals surface area contributed by atoms with Gasteiger partial charge in [0.2, 0.25) is 10.4 Å². The van der Waals surface area contributed by atoms with Crippen molar-refractivity contribution in [3.63, 3.8) is 0 Å². The van der Waals surface area contributed by atoms with Crippen molar-refractivity contribution in [3.8, 4) is 0 Å². The molecule has 1 unspecified atom stereocenters. The van der Waals surface area contributed by atoms with Crippen molar-refractivity contribution in [2.24, 2.45) is 0 Å². The van der Waals surface area contributed by atoms with Crippen LogP contribution in [0.25, 0.3) is 0 Å². The molecule has 2 N–H and O–H groups in total. The summed E-state index contributed by atoms with van der Waals surface area (Å²) in [6.07, 6.45) is 4.87. The summed E-state index contributed by atoms with van der Waals surface area (Å²) in [4.78, 5) is 14.8. The molecule has 1 aromatic rings. The van der Waals surface area contributed by atoms with Crippen LogP contribution in [0.4, 0.5) is 11.4 Å². The molecule has 0 fully saturated rings. The number of rotatable bonds is 7. The fourth-order valence-corrected chi connectivity index (χ4v) is 2.18. The predicted octanol–water partition coefficient (Wildman–Crippen LogP) is 1.73. The smallest absolute Gasteiger partial charge is 0.298 e. The van der Waals surface area contributed by atoms with E-state index in [1.807, 2.05) is 6.92 Å². The average Bonchev–Trinajstić information content (AvgIpc) is 3.08. The minimum absolute atomic E-state index is 0.0137.